The Bertz CT molecular complexity index is 1520. The molecule has 4 aromatic rings. The Morgan fingerprint density at radius 2 is 1.45 bits per heavy atom. The Morgan fingerprint density at radius 3 is 2.14 bits per heavy atom. The van der Waals surface area contributed by atoms with Gasteiger partial charge in [-0.2, -0.15) is 0 Å². The van der Waals surface area contributed by atoms with Crippen LogP contribution in [0.2, 0.25) is 0 Å². The first-order valence-corrected chi connectivity index (χ1v) is 14.9. The molecule has 2 amide bonds. The quantitative estimate of drug-likeness (QED) is 0.127. The van der Waals surface area contributed by atoms with Crippen molar-refractivity contribution < 1.29 is 19.5 Å². The SMILES string of the molecule is CCCCCc1ccc(CNC(=O)c2ccc(CN(Cc3ccccc3-c3ccccc3)C(=O)C(=O)O)c(Br)c2)cc1. The third-order valence-corrected chi connectivity index (χ3v) is 7.89. The van der Waals surface area contributed by atoms with Crippen molar-refractivity contribution >= 4 is 33.7 Å². The van der Waals surface area contributed by atoms with E-state index in [0.717, 1.165) is 28.7 Å². The van der Waals surface area contributed by atoms with Crippen LogP contribution in [0.5, 0.6) is 0 Å². The van der Waals surface area contributed by atoms with Crippen LogP contribution in [0.15, 0.2) is 102 Å². The Labute approximate surface area is 255 Å². The van der Waals surface area contributed by atoms with Crippen LogP contribution in [-0.4, -0.2) is 27.8 Å². The minimum atomic E-state index is -1.52. The van der Waals surface area contributed by atoms with Crippen LogP contribution in [0.25, 0.3) is 11.1 Å². The molecular formula is C35H35BrN2O4. The minimum Gasteiger partial charge on any atom is -0.474 e. The van der Waals surface area contributed by atoms with Crippen molar-refractivity contribution in [2.45, 2.75) is 52.2 Å². The normalized spacial score (nSPS) is 10.7. The van der Waals surface area contributed by atoms with E-state index in [-0.39, 0.29) is 19.0 Å². The number of nitrogens with one attached hydrogen (secondary N) is 1. The first kappa shape index (κ1) is 30.7. The van der Waals surface area contributed by atoms with Crippen molar-refractivity contribution in [3.8, 4) is 11.1 Å². The number of nitrogens with zero attached hydrogens (tertiary/aromatic N) is 1. The number of carboxylic acids is 1. The molecule has 7 heteroatoms. The summed E-state index contributed by atoms with van der Waals surface area (Å²) < 4.78 is 0.617. The standard InChI is InChI=1S/C35H35BrN2O4/c1-2-3-5-10-25-15-17-26(18-16-25)22-37-33(39)28-19-20-30(32(36)21-28)24-38(34(40)35(41)42)23-29-13-8-9-14-31(29)27-11-6-4-7-12-27/h4,6-9,11-21H,2-3,5,10,22-24H2,1H3,(H,37,39)(H,41,42). The van der Waals surface area contributed by atoms with Gasteiger partial charge < -0.3 is 15.3 Å². The van der Waals surface area contributed by atoms with Crippen molar-refractivity contribution in [3.63, 3.8) is 0 Å². The number of aliphatic carboxylic acids is 1. The van der Waals surface area contributed by atoms with Gasteiger partial charge in [-0.05, 0) is 58.4 Å². The number of amides is 2. The largest absolute Gasteiger partial charge is 0.474 e. The van der Waals surface area contributed by atoms with Gasteiger partial charge in [-0.1, -0.05) is 121 Å². The topological polar surface area (TPSA) is 86.7 Å². The number of aryl methyl sites for hydroxylation is 1. The van der Waals surface area contributed by atoms with Gasteiger partial charge in [0, 0.05) is 29.7 Å². The highest BCUT2D eigenvalue weighted by Gasteiger charge is 2.23. The molecule has 0 aromatic heterocycles. The number of carbonyl (C=O) groups is 3. The number of benzene rings is 4. The molecule has 0 bridgehead atoms. The molecule has 0 aliphatic heterocycles. The molecule has 216 valence electrons. The molecule has 2 N–H and O–H groups in total. The van der Waals surface area contributed by atoms with E-state index >= 15 is 0 Å². The van der Waals surface area contributed by atoms with Crippen molar-refractivity contribution in [1.82, 2.24) is 10.2 Å². The van der Waals surface area contributed by atoms with Gasteiger partial charge in [0.15, 0.2) is 0 Å². The van der Waals surface area contributed by atoms with Gasteiger partial charge in [-0.3, -0.25) is 9.59 Å². The number of hydrogen-bond donors (Lipinski definition) is 2. The summed E-state index contributed by atoms with van der Waals surface area (Å²) in [4.78, 5) is 38.6. The molecule has 0 heterocycles. The molecule has 4 aromatic carbocycles. The number of carboxylic acid groups (broad SMARTS) is 1. The zero-order valence-electron chi connectivity index (χ0n) is 23.7. The van der Waals surface area contributed by atoms with Crippen LogP contribution in [0.4, 0.5) is 0 Å². The fourth-order valence-electron chi connectivity index (χ4n) is 4.81. The zero-order valence-corrected chi connectivity index (χ0v) is 25.3. The lowest BCUT2D eigenvalue weighted by atomic mass is 9.99. The van der Waals surface area contributed by atoms with E-state index in [9.17, 15) is 19.5 Å². The molecule has 0 radical (unpaired) electrons. The second-order valence-corrected chi connectivity index (χ2v) is 11.1. The van der Waals surface area contributed by atoms with Crippen molar-refractivity contribution in [3.05, 3.63) is 129 Å². The van der Waals surface area contributed by atoms with Gasteiger partial charge in [0.05, 0.1) is 0 Å². The van der Waals surface area contributed by atoms with Gasteiger partial charge in [-0.15, -0.1) is 0 Å². The average Bonchev–Trinajstić information content (AvgIpc) is 3.01. The molecule has 0 saturated heterocycles. The zero-order chi connectivity index (χ0) is 29.9. The highest BCUT2D eigenvalue weighted by Crippen LogP contribution is 2.27. The van der Waals surface area contributed by atoms with E-state index in [0.29, 0.717) is 22.1 Å². The summed E-state index contributed by atoms with van der Waals surface area (Å²) in [6, 6.07) is 30.9. The Balaban J connectivity index is 1.44. The molecule has 6 nitrogen and oxygen atoms in total. The van der Waals surface area contributed by atoms with Crippen molar-refractivity contribution in [1.29, 1.82) is 0 Å². The lowest BCUT2D eigenvalue weighted by molar-refractivity contribution is -0.156. The van der Waals surface area contributed by atoms with E-state index in [1.807, 2.05) is 66.7 Å². The van der Waals surface area contributed by atoms with Crippen LogP contribution >= 0.6 is 15.9 Å². The van der Waals surface area contributed by atoms with Crippen LogP contribution in [0, 0.1) is 0 Å². The highest BCUT2D eigenvalue weighted by atomic mass is 79.9. The molecule has 4 rings (SSSR count). The second kappa shape index (κ2) is 15.1. The second-order valence-electron chi connectivity index (χ2n) is 10.3. The van der Waals surface area contributed by atoms with Gasteiger partial charge >= 0.3 is 11.9 Å². The molecule has 0 spiro atoms. The third-order valence-electron chi connectivity index (χ3n) is 7.16. The fraction of sp³-hybridized carbons (Fsp3) is 0.229. The Hall–Kier alpha value is -4.23. The summed E-state index contributed by atoms with van der Waals surface area (Å²) in [6.07, 6.45) is 4.67. The predicted octanol–water partition coefficient (Wildman–Crippen LogP) is 7.39. The number of hydrogen-bond acceptors (Lipinski definition) is 3. The molecule has 0 aliphatic carbocycles. The van der Waals surface area contributed by atoms with Gasteiger partial charge in [0.1, 0.15) is 0 Å². The Morgan fingerprint density at radius 1 is 0.786 bits per heavy atom. The highest BCUT2D eigenvalue weighted by molar-refractivity contribution is 9.10. The van der Waals surface area contributed by atoms with Crippen LogP contribution in [0.1, 0.15) is 58.8 Å². The Kier molecular flexibility index (Phi) is 11.1. The first-order valence-electron chi connectivity index (χ1n) is 14.2. The molecular weight excluding hydrogens is 592 g/mol. The predicted molar refractivity (Wildman–Crippen MR) is 169 cm³/mol. The monoisotopic (exact) mass is 626 g/mol. The number of halogens is 1. The number of carbonyl (C=O) groups excluding carboxylic acids is 2. The fourth-order valence-corrected chi connectivity index (χ4v) is 5.31. The van der Waals surface area contributed by atoms with E-state index in [2.05, 4.69) is 40.3 Å². The molecule has 0 saturated carbocycles. The molecule has 0 fully saturated rings. The molecule has 0 atom stereocenters. The maximum absolute atomic E-state index is 12.9. The minimum absolute atomic E-state index is 0.0569. The van der Waals surface area contributed by atoms with E-state index in [1.54, 1.807) is 18.2 Å². The smallest absolute Gasteiger partial charge is 0.394 e. The van der Waals surface area contributed by atoms with Gasteiger partial charge in [0.2, 0.25) is 0 Å². The molecule has 0 aliphatic rings. The lowest BCUT2D eigenvalue weighted by Gasteiger charge is -2.23. The van der Waals surface area contributed by atoms with Gasteiger partial charge in [0.25, 0.3) is 5.91 Å². The summed E-state index contributed by atoms with van der Waals surface area (Å²) >= 11 is 3.53. The average molecular weight is 628 g/mol. The summed E-state index contributed by atoms with van der Waals surface area (Å²) in [5, 5.41) is 12.5. The van der Waals surface area contributed by atoms with Crippen molar-refractivity contribution in [2.75, 3.05) is 0 Å². The molecule has 42 heavy (non-hydrogen) atoms. The van der Waals surface area contributed by atoms with Gasteiger partial charge in [-0.25, -0.2) is 4.79 Å². The summed E-state index contributed by atoms with van der Waals surface area (Å²) in [5.41, 5.74) is 6.23. The maximum atomic E-state index is 12.9. The maximum Gasteiger partial charge on any atom is 0.394 e. The summed E-state index contributed by atoms with van der Waals surface area (Å²) in [5.74, 6) is -2.74. The summed E-state index contributed by atoms with van der Waals surface area (Å²) in [7, 11) is 0. The van der Waals surface area contributed by atoms with E-state index in [1.165, 1.54) is 29.7 Å². The first-order chi connectivity index (χ1) is 20.4. The number of rotatable bonds is 12. The lowest BCUT2D eigenvalue weighted by Crippen LogP contribution is -2.35. The van der Waals surface area contributed by atoms with Crippen LogP contribution in [0.3, 0.4) is 0 Å². The third kappa shape index (κ3) is 8.40. The van der Waals surface area contributed by atoms with Crippen LogP contribution in [-0.2, 0) is 35.6 Å². The summed E-state index contributed by atoms with van der Waals surface area (Å²) in [6.45, 7) is 2.78. The van der Waals surface area contributed by atoms with E-state index < -0.39 is 11.9 Å². The molecule has 0 unspecified atom stereocenters. The number of unbranched alkanes of at least 4 members (excludes halogenated alkanes) is 2. The van der Waals surface area contributed by atoms with Crippen LogP contribution < -0.4 is 5.32 Å². The van der Waals surface area contributed by atoms with E-state index in [4.69, 9.17) is 0 Å². The van der Waals surface area contributed by atoms with Crippen molar-refractivity contribution in [2.24, 2.45) is 0 Å².